The van der Waals surface area contributed by atoms with Crippen LogP contribution in [0.4, 0.5) is 4.39 Å². The molecule has 0 fully saturated rings. The van der Waals surface area contributed by atoms with Crippen LogP contribution in [-0.2, 0) is 13.5 Å². The average molecular weight is 327 g/mol. The van der Waals surface area contributed by atoms with Gasteiger partial charge in [-0.05, 0) is 53.0 Å². The molecule has 0 spiro atoms. The van der Waals surface area contributed by atoms with Crippen LogP contribution in [0, 0.1) is 19.7 Å². The molecule has 0 aliphatic heterocycles. The fourth-order valence-corrected chi connectivity index (χ4v) is 2.71. The third kappa shape index (κ3) is 2.87. The van der Waals surface area contributed by atoms with Crippen LogP contribution < -0.4 is 0 Å². The summed E-state index contributed by atoms with van der Waals surface area (Å²) >= 11 is 3.48. The summed E-state index contributed by atoms with van der Waals surface area (Å²) in [5.41, 5.74) is 3.31. The molecular formula is C14H16BrFN2O. The first kappa shape index (κ1) is 14.2. The van der Waals surface area contributed by atoms with Crippen molar-refractivity contribution in [2.24, 2.45) is 7.05 Å². The largest absolute Gasteiger partial charge is 0.388 e. The molecule has 0 aliphatic carbocycles. The van der Waals surface area contributed by atoms with Crippen LogP contribution in [0.25, 0.3) is 0 Å². The normalized spacial score (nSPS) is 12.7. The molecule has 102 valence electrons. The molecule has 2 aromatic rings. The van der Waals surface area contributed by atoms with Gasteiger partial charge in [0.05, 0.1) is 22.0 Å². The first-order valence-corrected chi connectivity index (χ1v) is 6.81. The maximum atomic E-state index is 13.1. The smallest absolute Gasteiger partial charge is 0.123 e. The molecule has 0 radical (unpaired) electrons. The van der Waals surface area contributed by atoms with E-state index in [4.69, 9.17) is 0 Å². The molecule has 1 unspecified atom stereocenters. The number of rotatable bonds is 3. The summed E-state index contributed by atoms with van der Waals surface area (Å²) in [5.74, 6) is -0.286. The van der Waals surface area contributed by atoms with E-state index in [2.05, 4.69) is 21.0 Å². The number of nitrogens with zero attached hydrogens (tertiary/aromatic N) is 2. The van der Waals surface area contributed by atoms with Gasteiger partial charge in [-0.1, -0.05) is 6.07 Å². The predicted molar refractivity (Wildman–Crippen MR) is 75.4 cm³/mol. The van der Waals surface area contributed by atoms with E-state index in [9.17, 15) is 9.50 Å². The van der Waals surface area contributed by atoms with Crippen molar-refractivity contribution in [2.75, 3.05) is 0 Å². The minimum atomic E-state index is -0.674. The minimum absolute atomic E-state index is 0.286. The Labute approximate surface area is 120 Å². The molecule has 1 aromatic heterocycles. The summed E-state index contributed by atoms with van der Waals surface area (Å²) < 4.78 is 15.7. The Morgan fingerprint density at radius 3 is 2.63 bits per heavy atom. The Morgan fingerprint density at radius 1 is 1.42 bits per heavy atom. The van der Waals surface area contributed by atoms with Crippen molar-refractivity contribution >= 4 is 15.9 Å². The molecule has 0 aliphatic rings. The van der Waals surface area contributed by atoms with Crippen molar-refractivity contribution in [1.29, 1.82) is 0 Å². The third-order valence-corrected chi connectivity index (χ3v) is 4.27. The highest BCUT2D eigenvalue weighted by Crippen LogP contribution is 2.27. The predicted octanol–water partition coefficient (Wildman–Crippen LogP) is 3.21. The summed E-state index contributed by atoms with van der Waals surface area (Å²) in [6, 6.07) is 4.43. The van der Waals surface area contributed by atoms with Gasteiger partial charge in [0.15, 0.2) is 0 Å². The molecule has 3 nitrogen and oxygen atoms in total. The van der Waals surface area contributed by atoms with E-state index in [0.717, 1.165) is 27.0 Å². The highest BCUT2D eigenvalue weighted by Gasteiger charge is 2.17. The van der Waals surface area contributed by atoms with Gasteiger partial charge in [-0.15, -0.1) is 0 Å². The number of aliphatic hydroxyl groups excluding tert-OH is 1. The van der Waals surface area contributed by atoms with Gasteiger partial charge in [-0.3, -0.25) is 4.68 Å². The Bertz CT molecular complexity index is 610. The first-order valence-electron chi connectivity index (χ1n) is 6.02. The van der Waals surface area contributed by atoms with E-state index in [-0.39, 0.29) is 5.82 Å². The zero-order valence-electron chi connectivity index (χ0n) is 11.1. The highest BCUT2D eigenvalue weighted by molar-refractivity contribution is 9.10. The van der Waals surface area contributed by atoms with E-state index >= 15 is 0 Å². The molecule has 0 saturated heterocycles. The fourth-order valence-electron chi connectivity index (χ4n) is 2.21. The second-order valence-electron chi connectivity index (χ2n) is 4.69. The summed E-state index contributed by atoms with van der Waals surface area (Å²) in [7, 11) is 1.84. The molecule has 0 bridgehead atoms. The Balaban J connectivity index is 2.28. The van der Waals surface area contributed by atoms with Crippen molar-refractivity contribution in [1.82, 2.24) is 9.78 Å². The Kier molecular flexibility index (Phi) is 4.06. The first-order chi connectivity index (χ1) is 8.90. The average Bonchev–Trinajstić information content (AvgIpc) is 2.56. The standard InChI is InChI=1S/C14H16BrFN2O/c1-8-6-10(16)4-5-11(8)13(19)7-12-14(15)9(2)17-18(12)3/h4-6,13,19H,7H2,1-3H3. The van der Waals surface area contributed by atoms with Gasteiger partial charge < -0.3 is 5.11 Å². The Morgan fingerprint density at radius 2 is 2.11 bits per heavy atom. The van der Waals surface area contributed by atoms with Crippen molar-refractivity contribution < 1.29 is 9.50 Å². The summed E-state index contributed by atoms with van der Waals surface area (Å²) in [4.78, 5) is 0. The van der Waals surface area contributed by atoms with Crippen molar-refractivity contribution in [2.45, 2.75) is 26.4 Å². The molecule has 0 saturated carbocycles. The summed E-state index contributed by atoms with van der Waals surface area (Å²) in [5, 5.41) is 14.6. The second-order valence-corrected chi connectivity index (χ2v) is 5.48. The number of hydrogen-bond donors (Lipinski definition) is 1. The fraction of sp³-hybridized carbons (Fsp3) is 0.357. The molecule has 1 atom stereocenters. The number of aryl methyl sites for hydroxylation is 3. The van der Waals surface area contributed by atoms with Gasteiger partial charge in [0.25, 0.3) is 0 Å². The molecule has 1 aromatic carbocycles. The van der Waals surface area contributed by atoms with Gasteiger partial charge in [-0.25, -0.2) is 4.39 Å². The van der Waals surface area contributed by atoms with E-state index < -0.39 is 6.10 Å². The van der Waals surface area contributed by atoms with Crippen molar-refractivity contribution in [3.63, 3.8) is 0 Å². The molecule has 5 heteroatoms. The lowest BCUT2D eigenvalue weighted by Gasteiger charge is -2.14. The van der Waals surface area contributed by atoms with E-state index in [0.29, 0.717) is 6.42 Å². The summed E-state index contributed by atoms with van der Waals surface area (Å²) in [6.45, 7) is 3.70. The minimum Gasteiger partial charge on any atom is -0.388 e. The van der Waals surface area contributed by atoms with Gasteiger partial charge in [0.2, 0.25) is 0 Å². The summed E-state index contributed by atoms with van der Waals surface area (Å²) in [6.07, 6.45) is -0.239. The maximum Gasteiger partial charge on any atom is 0.123 e. The number of aliphatic hydroxyl groups is 1. The topological polar surface area (TPSA) is 38.1 Å². The van der Waals surface area contributed by atoms with Gasteiger partial charge in [0, 0.05) is 13.5 Å². The lowest BCUT2D eigenvalue weighted by Crippen LogP contribution is -2.08. The van der Waals surface area contributed by atoms with E-state index in [1.807, 2.05) is 14.0 Å². The number of benzene rings is 1. The van der Waals surface area contributed by atoms with Crippen LogP contribution in [0.3, 0.4) is 0 Å². The molecular weight excluding hydrogens is 311 g/mol. The van der Waals surface area contributed by atoms with Gasteiger partial charge in [0.1, 0.15) is 5.82 Å². The number of hydrogen-bond acceptors (Lipinski definition) is 2. The molecule has 2 rings (SSSR count). The van der Waals surface area contributed by atoms with E-state index in [1.54, 1.807) is 17.7 Å². The highest BCUT2D eigenvalue weighted by atomic mass is 79.9. The van der Waals surface area contributed by atoms with Gasteiger partial charge >= 0.3 is 0 Å². The maximum absolute atomic E-state index is 13.1. The van der Waals surface area contributed by atoms with Crippen LogP contribution in [0.1, 0.15) is 28.6 Å². The zero-order chi connectivity index (χ0) is 14.2. The van der Waals surface area contributed by atoms with Crippen LogP contribution in [0.2, 0.25) is 0 Å². The van der Waals surface area contributed by atoms with E-state index in [1.165, 1.54) is 12.1 Å². The zero-order valence-corrected chi connectivity index (χ0v) is 12.7. The molecule has 1 N–H and O–H groups in total. The number of halogens is 2. The van der Waals surface area contributed by atoms with Gasteiger partial charge in [-0.2, -0.15) is 5.10 Å². The second kappa shape index (κ2) is 5.43. The van der Waals surface area contributed by atoms with Crippen LogP contribution in [-0.4, -0.2) is 14.9 Å². The molecule has 0 amide bonds. The monoisotopic (exact) mass is 326 g/mol. The Hall–Kier alpha value is -1.20. The van der Waals surface area contributed by atoms with Crippen LogP contribution >= 0.6 is 15.9 Å². The lowest BCUT2D eigenvalue weighted by atomic mass is 10.00. The lowest BCUT2D eigenvalue weighted by molar-refractivity contribution is 0.175. The molecule has 1 heterocycles. The molecule has 19 heavy (non-hydrogen) atoms. The van der Waals surface area contributed by atoms with Crippen LogP contribution in [0.5, 0.6) is 0 Å². The SMILES string of the molecule is Cc1cc(F)ccc1C(O)Cc1c(Br)c(C)nn1C. The third-order valence-electron chi connectivity index (χ3n) is 3.24. The van der Waals surface area contributed by atoms with Crippen molar-refractivity contribution in [3.05, 3.63) is 51.0 Å². The van der Waals surface area contributed by atoms with Crippen LogP contribution in [0.15, 0.2) is 22.7 Å². The number of aromatic nitrogens is 2. The van der Waals surface area contributed by atoms with Crippen molar-refractivity contribution in [3.8, 4) is 0 Å². The quantitative estimate of drug-likeness (QED) is 0.940.